The first-order valence-electron chi connectivity index (χ1n) is 15.4. The van der Waals surface area contributed by atoms with Crippen molar-refractivity contribution in [1.29, 1.82) is 0 Å². The number of anilines is 1. The molecule has 6 nitrogen and oxygen atoms in total. The Morgan fingerprint density at radius 3 is 1.82 bits per heavy atom. The van der Waals surface area contributed by atoms with Crippen molar-refractivity contribution in [2.24, 2.45) is 5.41 Å². The first kappa shape index (κ1) is 32.0. The predicted molar refractivity (Wildman–Crippen MR) is 179 cm³/mol. The maximum atomic E-state index is 14.1. The molecular weight excluding hydrogens is 582 g/mol. The van der Waals surface area contributed by atoms with Gasteiger partial charge in [0.1, 0.15) is 5.76 Å². The van der Waals surface area contributed by atoms with Crippen molar-refractivity contribution in [3.05, 3.63) is 143 Å². The SMILES string of the molecule is CCC(C)(CC)C(C1=C(O)C(Cc2ccccc2)(Cc2ccccc2)OC1=O)c1cccc(N(C)S(=O)(=O)c2ccccc2)c1. The highest BCUT2D eigenvalue weighted by atomic mass is 32.2. The maximum Gasteiger partial charge on any atom is 0.339 e. The zero-order valence-corrected chi connectivity index (χ0v) is 27.1. The number of aliphatic hydroxyl groups is 1. The van der Waals surface area contributed by atoms with Crippen LogP contribution in [0.2, 0.25) is 0 Å². The van der Waals surface area contributed by atoms with Crippen molar-refractivity contribution >= 4 is 21.7 Å². The number of carbonyl (C=O) groups is 1. The van der Waals surface area contributed by atoms with Crippen molar-refractivity contribution in [3.63, 3.8) is 0 Å². The van der Waals surface area contributed by atoms with Gasteiger partial charge in [-0.3, -0.25) is 4.31 Å². The van der Waals surface area contributed by atoms with Crippen LogP contribution in [0.15, 0.2) is 131 Å². The van der Waals surface area contributed by atoms with E-state index in [-0.39, 0.29) is 16.2 Å². The molecule has 4 aromatic rings. The fraction of sp³-hybridized carbons (Fsp3) is 0.289. The van der Waals surface area contributed by atoms with Gasteiger partial charge >= 0.3 is 5.97 Å². The normalized spacial score (nSPS) is 15.5. The van der Waals surface area contributed by atoms with Gasteiger partial charge in [-0.25, -0.2) is 13.2 Å². The van der Waals surface area contributed by atoms with Crippen molar-refractivity contribution in [2.45, 2.75) is 62.9 Å². The third-order valence-corrected chi connectivity index (χ3v) is 11.2. The van der Waals surface area contributed by atoms with Crippen molar-refractivity contribution < 1.29 is 23.1 Å². The number of hydrogen-bond donors (Lipinski definition) is 1. The number of sulfonamides is 1. The topological polar surface area (TPSA) is 83.9 Å². The fourth-order valence-electron chi connectivity index (χ4n) is 6.40. The second-order valence-corrected chi connectivity index (χ2v) is 14.1. The van der Waals surface area contributed by atoms with Crippen LogP contribution in [0.5, 0.6) is 0 Å². The number of carbonyl (C=O) groups excluding carboxylic acids is 1. The van der Waals surface area contributed by atoms with Gasteiger partial charge in [0.15, 0.2) is 5.60 Å². The monoisotopic (exact) mass is 623 g/mol. The molecule has 1 unspecified atom stereocenters. The number of rotatable bonds is 12. The molecule has 234 valence electrons. The Bertz CT molecular complexity index is 1720. The summed E-state index contributed by atoms with van der Waals surface area (Å²) in [4.78, 5) is 14.3. The standard InChI is InChI=1S/C38H41NO5S/c1-5-37(3,6-2)34(30-21-16-22-31(25-30)39(4)45(42,43)32-23-14-9-15-24-32)33-35(40)38(44-36(33)41,26-28-17-10-7-11-18-28)27-29-19-12-8-13-20-29/h7-25,34,40H,5-6,26-27H2,1-4H3. The Labute approximate surface area is 267 Å². The minimum Gasteiger partial charge on any atom is -0.507 e. The Morgan fingerprint density at radius 1 is 0.800 bits per heavy atom. The molecule has 0 saturated heterocycles. The van der Waals surface area contributed by atoms with Crippen LogP contribution in [0.3, 0.4) is 0 Å². The molecule has 5 rings (SSSR count). The molecule has 0 amide bonds. The van der Waals surface area contributed by atoms with E-state index in [1.807, 2.05) is 72.8 Å². The molecule has 1 N–H and O–H groups in total. The number of nitrogens with zero attached hydrogens (tertiary/aromatic N) is 1. The zero-order chi connectivity index (χ0) is 32.2. The summed E-state index contributed by atoms with van der Waals surface area (Å²) >= 11 is 0. The lowest BCUT2D eigenvalue weighted by Crippen LogP contribution is -2.37. The highest BCUT2D eigenvalue weighted by Gasteiger charge is 2.53. The molecule has 0 saturated carbocycles. The second-order valence-electron chi connectivity index (χ2n) is 12.1. The molecule has 0 spiro atoms. The molecule has 1 atom stereocenters. The van der Waals surface area contributed by atoms with Gasteiger partial charge in [0.2, 0.25) is 0 Å². The van der Waals surface area contributed by atoms with Crippen molar-refractivity contribution in [2.75, 3.05) is 11.4 Å². The molecule has 0 aromatic heterocycles. The zero-order valence-electron chi connectivity index (χ0n) is 26.3. The van der Waals surface area contributed by atoms with Gasteiger partial charge in [-0.15, -0.1) is 0 Å². The lowest BCUT2D eigenvalue weighted by atomic mass is 9.66. The number of esters is 1. The summed E-state index contributed by atoms with van der Waals surface area (Å²) in [5.41, 5.74) is 1.57. The molecule has 0 radical (unpaired) electrons. The molecule has 4 aromatic carbocycles. The minimum absolute atomic E-state index is 0.0611. The highest BCUT2D eigenvalue weighted by molar-refractivity contribution is 7.92. The molecule has 0 bridgehead atoms. The van der Waals surface area contributed by atoms with E-state index in [9.17, 15) is 18.3 Å². The maximum absolute atomic E-state index is 14.1. The predicted octanol–water partition coefficient (Wildman–Crippen LogP) is 8.01. The van der Waals surface area contributed by atoms with Crippen LogP contribution in [-0.2, 0) is 32.4 Å². The van der Waals surface area contributed by atoms with E-state index >= 15 is 0 Å². The summed E-state index contributed by atoms with van der Waals surface area (Å²) in [5.74, 6) is -1.16. The quantitative estimate of drug-likeness (QED) is 0.162. The van der Waals surface area contributed by atoms with Gasteiger partial charge in [0.25, 0.3) is 10.0 Å². The third kappa shape index (κ3) is 6.27. The Balaban J connectivity index is 1.66. The molecule has 7 heteroatoms. The van der Waals surface area contributed by atoms with Crippen molar-refractivity contribution in [3.8, 4) is 0 Å². The molecule has 1 aliphatic rings. The fourth-order valence-corrected chi connectivity index (χ4v) is 7.60. The lowest BCUT2D eigenvalue weighted by Gasteiger charge is -2.37. The van der Waals surface area contributed by atoms with E-state index in [0.29, 0.717) is 31.4 Å². The molecule has 0 fully saturated rings. The number of ether oxygens (including phenoxy) is 1. The van der Waals surface area contributed by atoms with Crippen LogP contribution < -0.4 is 4.31 Å². The van der Waals surface area contributed by atoms with Crippen LogP contribution >= 0.6 is 0 Å². The van der Waals surface area contributed by atoms with E-state index in [0.717, 1.165) is 16.7 Å². The number of cyclic esters (lactones) is 1. The lowest BCUT2D eigenvalue weighted by molar-refractivity contribution is -0.148. The Kier molecular flexibility index (Phi) is 9.21. The van der Waals surface area contributed by atoms with E-state index in [1.54, 1.807) is 42.5 Å². The summed E-state index contributed by atoms with van der Waals surface area (Å²) in [7, 11) is -2.30. The smallest absolute Gasteiger partial charge is 0.339 e. The van der Waals surface area contributed by atoms with Crippen LogP contribution in [-0.4, -0.2) is 32.1 Å². The molecular formula is C38H41NO5S. The third-order valence-electron chi connectivity index (χ3n) is 9.43. The highest BCUT2D eigenvalue weighted by Crippen LogP contribution is 2.52. The molecule has 45 heavy (non-hydrogen) atoms. The largest absolute Gasteiger partial charge is 0.507 e. The molecule has 0 aliphatic carbocycles. The minimum atomic E-state index is -3.83. The number of hydrogen-bond acceptors (Lipinski definition) is 5. The van der Waals surface area contributed by atoms with Gasteiger partial charge in [-0.05, 0) is 59.2 Å². The van der Waals surface area contributed by atoms with Crippen molar-refractivity contribution in [1.82, 2.24) is 0 Å². The summed E-state index contributed by atoms with van der Waals surface area (Å²) in [6.45, 7) is 6.26. The number of aliphatic hydroxyl groups excluding tert-OH is 1. The first-order chi connectivity index (χ1) is 21.5. The van der Waals surface area contributed by atoms with Gasteiger partial charge in [-0.1, -0.05) is 112 Å². The average molecular weight is 624 g/mol. The van der Waals surface area contributed by atoms with E-state index < -0.39 is 32.9 Å². The summed E-state index contributed by atoms with van der Waals surface area (Å²) in [5, 5.41) is 12.3. The summed E-state index contributed by atoms with van der Waals surface area (Å²) in [6.07, 6.45) is 2.04. The number of benzene rings is 4. The Hall–Kier alpha value is -4.36. The summed E-state index contributed by atoms with van der Waals surface area (Å²) < 4.78 is 34.6. The van der Waals surface area contributed by atoms with Gasteiger partial charge in [0.05, 0.1) is 16.2 Å². The van der Waals surface area contributed by atoms with Crippen LogP contribution in [0.1, 0.15) is 56.2 Å². The van der Waals surface area contributed by atoms with E-state index in [4.69, 9.17) is 4.74 Å². The second kappa shape index (κ2) is 12.9. The Morgan fingerprint density at radius 2 is 1.31 bits per heavy atom. The average Bonchev–Trinajstić information content (AvgIpc) is 3.29. The summed E-state index contributed by atoms with van der Waals surface area (Å²) in [6, 6.07) is 35.1. The molecule has 1 heterocycles. The van der Waals surface area contributed by atoms with Crippen LogP contribution in [0, 0.1) is 5.41 Å². The van der Waals surface area contributed by atoms with E-state index in [2.05, 4.69) is 20.8 Å². The van der Waals surface area contributed by atoms with Crippen LogP contribution in [0.4, 0.5) is 5.69 Å². The van der Waals surface area contributed by atoms with Gasteiger partial charge < -0.3 is 9.84 Å². The first-order valence-corrected chi connectivity index (χ1v) is 16.9. The van der Waals surface area contributed by atoms with Gasteiger partial charge in [-0.2, -0.15) is 0 Å². The van der Waals surface area contributed by atoms with Crippen LogP contribution in [0.25, 0.3) is 0 Å². The van der Waals surface area contributed by atoms with Gasteiger partial charge in [0, 0.05) is 25.8 Å². The molecule has 1 aliphatic heterocycles. The van der Waals surface area contributed by atoms with E-state index in [1.165, 1.54) is 11.4 Å².